The second-order valence-corrected chi connectivity index (χ2v) is 5.52. The van der Waals surface area contributed by atoms with Crippen molar-refractivity contribution in [1.29, 1.82) is 0 Å². The van der Waals surface area contributed by atoms with Gasteiger partial charge in [-0.3, -0.25) is 14.9 Å². The molecule has 0 saturated carbocycles. The fourth-order valence-electron chi connectivity index (χ4n) is 1.72. The zero-order valence-electron chi connectivity index (χ0n) is 12.2. The Morgan fingerprint density at radius 2 is 2.14 bits per heavy atom. The molecular formula is C13H19ClN4O3. The van der Waals surface area contributed by atoms with Crippen LogP contribution >= 0.6 is 11.6 Å². The van der Waals surface area contributed by atoms with E-state index in [2.05, 4.69) is 5.32 Å². The van der Waals surface area contributed by atoms with Gasteiger partial charge >= 0.3 is 0 Å². The number of nitro benzene ring substituents is 1. The summed E-state index contributed by atoms with van der Waals surface area (Å²) in [6, 6.07) is 2.18. The minimum absolute atomic E-state index is 0.00436. The summed E-state index contributed by atoms with van der Waals surface area (Å²) in [5.74, 6) is -0.468. The van der Waals surface area contributed by atoms with Gasteiger partial charge in [0, 0.05) is 18.2 Å². The fourth-order valence-corrected chi connectivity index (χ4v) is 1.94. The van der Waals surface area contributed by atoms with E-state index in [9.17, 15) is 14.9 Å². The Balaban J connectivity index is 2.89. The number of halogens is 1. The van der Waals surface area contributed by atoms with Gasteiger partial charge in [0.05, 0.1) is 21.2 Å². The molecule has 0 aromatic heterocycles. The van der Waals surface area contributed by atoms with Crippen LogP contribution in [0.25, 0.3) is 0 Å². The zero-order valence-corrected chi connectivity index (χ0v) is 13.0. The number of hydrogen-bond acceptors (Lipinski definition) is 5. The van der Waals surface area contributed by atoms with E-state index in [4.69, 9.17) is 17.3 Å². The van der Waals surface area contributed by atoms with Gasteiger partial charge in [0.2, 0.25) is 0 Å². The minimum Gasteiger partial charge on any atom is -0.397 e. The predicted octanol–water partition coefficient (Wildman–Crippen LogP) is 1.90. The topological polar surface area (TPSA) is 102 Å². The molecular weight excluding hydrogens is 296 g/mol. The van der Waals surface area contributed by atoms with E-state index in [1.807, 2.05) is 25.9 Å². The number of carbonyl (C=O) groups is 1. The van der Waals surface area contributed by atoms with Gasteiger partial charge in [0.1, 0.15) is 0 Å². The number of non-ortho nitro benzene ring substituents is 1. The average Bonchev–Trinajstić information content (AvgIpc) is 2.38. The summed E-state index contributed by atoms with van der Waals surface area (Å²) in [7, 11) is 3.87. The number of hydrogen-bond donors (Lipinski definition) is 2. The normalized spacial score (nSPS) is 12.2. The zero-order chi connectivity index (χ0) is 16.2. The van der Waals surface area contributed by atoms with Gasteiger partial charge in [0.25, 0.3) is 11.6 Å². The summed E-state index contributed by atoms with van der Waals surface area (Å²) in [5, 5.41) is 13.6. The Bertz CT molecular complexity index is 548. The Kier molecular flexibility index (Phi) is 5.92. The van der Waals surface area contributed by atoms with Crippen molar-refractivity contribution in [3.05, 3.63) is 32.8 Å². The second-order valence-electron chi connectivity index (χ2n) is 5.11. The molecule has 7 nitrogen and oxygen atoms in total. The number of nitrogens with two attached hydrogens (primary N) is 1. The summed E-state index contributed by atoms with van der Waals surface area (Å²) < 4.78 is 0. The average molecular weight is 315 g/mol. The van der Waals surface area contributed by atoms with Crippen molar-refractivity contribution >= 4 is 28.9 Å². The lowest BCUT2D eigenvalue weighted by atomic mass is 10.1. The highest BCUT2D eigenvalue weighted by Crippen LogP contribution is 2.28. The summed E-state index contributed by atoms with van der Waals surface area (Å²) in [4.78, 5) is 24.4. The molecule has 0 radical (unpaired) electrons. The van der Waals surface area contributed by atoms with Gasteiger partial charge in [-0.2, -0.15) is 0 Å². The Labute approximate surface area is 128 Å². The second kappa shape index (κ2) is 7.24. The van der Waals surface area contributed by atoms with Crippen LogP contribution < -0.4 is 11.1 Å². The minimum atomic E-state index is -0.614. The number of nitrogens with one attached hydrogen (secondary N) is 1. The van der Waals surface area contributed by atoms with Crippen LogP contribution in [0, 0.1) is 10.1 Å². The van der Waals surface area contributed by atoms with Crippen molar-refractivity contribution < 1.29 is 9.72 Å². The standard InChI is InChI=1S/C13H19ClN4O3/c1-8(4-5-17(2)3)16-13(19)10-6-9(18(20)21)7-11(14)12(10)15/h6-8H,4-5,15H2,1-3H3,(H,16,19). The van der Waals surface area contributed by atoms with Crippen molar-refractivity contribution in [2.75, 3.05) is 26.4 Å². The van der Waals surface area contributed by atoms with Crippen LogP contribution in [0.5, 0.6) is 0 Å². The van der Waals surface area contributed by atoms with Crippen LogP contribution in [0.15, 0.2) is 12.1 Å². The van der Waals surface area contributed by atoms with E-state index in [0.29, 0.717) is 0 Å². The van der Waals surface area contributed by atoms with Gasteiger partial charge in [-0.15, -0.1) is 0 Å². The van der Waals surface area contributed by atoms with Crippen molar-refractivity contribution in [2.45, 2.75) is 19.4 Å². The molecule has 0 saturated heterocycles. The van der Waals surface area contributed by atoms with Crippen LogP contribution in [0.4, 0.5) is 11.4 Å². The van der Waals surface area contributed by atoms with E-state index >= 15 is 0 Å². The first-order valence-electron chi connectivity index (χ1n) is 6.41. The summed E-state index contributed by atoms with van der Waals surface area (Å²) in [5.41, 5.74) is 5.52. The molecule has 0 fully saturated rings. The Morgan fingerprint density at radius 1 is 1.52 bits per heavy atom. The van der Waals surface area contributed by atoms with E-state index < -0.39 is 10.8 Å². The van der Waals surface area contributed by atoms with E-state index in [1.54, 1.807) is 0 Å². The molecule has 0 spiro atoms. The molecule has 1 aromatic rings. The molecule has 1 atom stereocenters. The molecule has 21 heavy (non-hydrogen) atoms. The molecule has 1 unspecified atom stereocenters. The first-order valence-corrected chi connectivity index (χ1v) is 6.79. The number of carbonyl (C=O) groups excluding carboxylic acids is 1. The van der Waals surface area contributed by atoms with Crippen LogP contribution in [-0.2, 0) is 0 Å². The van der Waals surface area contributed by atoms with Crippen molar-refractivity contribution in [2.24, 2.45) is 0 Å². The van der Waals surface area contributed by atoms with Gasteiger partial charge < -0.3 is 16.0 Å². The third-order valence-corrected chi connectivity index (χ3v) is 3.27. The number of nitro groups is 1. The van der Waals surface area contributed by atoms with Crippen LogP contribution in [0.3, 0.4) is 0 Å². The third kappa shape index (κ3) is 4.87. The molecule has 0 aliphatic heterocycles. The van der Waals surface area contributed by atoms with Crippen LogP contribution in [0.2, 0.25) is 5.02 Å². The van der Waals surface area contributed by atoms with Gasteiger partial charge in [0.15, 0.2) is 0 Å². The fraction of sp³-hybridized carbons (Fsp3) is 0.462. The summed E-state index contributed by atoms with van der Waals surface area (Å²) in [6.07, 6.45) is 0.751. The van der Waals surface area contributed by atoms with E-state index in [1.165, 1.54) is 0 Å². The monoisotopic (exact) mass is 314 g/mol. The predicted molar refractivity (Wildman–Crippen MR) is 82.6 cm³/mol. The molecule has 0 heterocycles. The van der Waals surface area contributed by atoms with Crippen molar-refractivity contribution in [3.63, 3.8) is 0 Å². The molecule has 0 aliphatic carbocycles. The lowest BCUT2D eigenvalue weighted by Crippen LogP contribution is -2.35. The van der Waals surface area contributed by atoms with E-state index in [0.717, 1.165) is 25.1 Å². The Morgan fingerprint density at radius 3 is 2.67 bits per heavy atom. The summed E-state index contributed by atoms with van der Waals surface area (Å²) >= 11 is 5.83. The van der Waals surface area contributed by atoms with Crippen molar-refractivity contribution in [3.8, 4) is 0 Å². The highest BCUT2D eigenvalue weighted by atomic mass is 35.5. The van der Waals surface area contributed by atoms with Gasteiger partial charge in [-0.1, -0.05) is 11.6 Å². The lowest BCUT2D eigenvalue weighted by molar-refractivity contribution is -0.384. The lowest BCUT2D eigenvalue weighted by Gasteiger charge is -2.17. The number of benzene rings is 1. The maximum absolute atomic E-state index is 12.2. The first kappa shape index (κ1) is 17.2. The molecule has 116 valence electrons. The quantitative estimate of drug-likeness (QED) is 0.474. The maximum Gasteiger partial charge on any atom is 0.271 e. The molecule has 1 aromatic carbocycles. The maximum atomic E-state index is 12.2. The SMILES string of the molecule is CC(CCN(C)C)NC(=O)c1cc([N+](=O)[O-])cc(Cl)c1N. The largest absolute Gasteiger partial charge is 0.397 e. The van der Waals surface area contributed by atoms with Crippen LogP contribution in [0.1, 0.15) is 23.7 Å². The number of anilines is 1. The molecule has 3 N–H and O–H groups in total. The summed E-state index contributed by atoms with van der Waals surface area (Å²) in [6.45, 7) is 2.67. The first-order chi connectivity index (χ1) is 9.72. The van der Waals surface area contributed by atoms with Crippen molar-refractivity contribution in [1.82, 2.24) is 10.2 Å². The highest BCUT2D eigenvalue weighted by molar-refractivity contribution is 6.34. The molecule has 0 aliphatic rings. The molecule has 1 rings (SSSR count). The highest BCUT2D eigenvalue weighted by Gasteiger charge is 2.19. The van der Waals surface area contributed by atoms with Gasteiger partial charge in [-0.25, -0.2) is 0 Å². The third-order valence-electron chi connectivity index (χ3n) is 2.96. The number of amides is 1. The number of nitrogen functional groups attached to an aromatic ring is 1. The molecule has 8 heteroatoms. The Hall–Kier alpha value is -1.86. The number of rotatable bonds is 6. The van der Waals surface area contributed by atoms with E-state index in [-0.39, 0.29) is 28.0 Å². The van der Waals surface area contributed by atoms with Gasteiger partial charge in [-0.05, 0) is 34.0 Å². The molecule has 1 amide bonds. The number of nitrogens with zero attached hydrogens (tertiary/aromatic N) is 2. The molecule has 0 bridgehead atoms. The smallest absolute Gasteiger partial charge is 0.271 e. The van der Waals surface area contributed by atoms with Crippen LogP contribution in [-0.4, -0.2) is 42.4 Å².